The normalized spacial score (nSPS) is 23.7. The molecule has 1 aliphatic rings. The molecule has 0 saturated carbocycles. The molecule has 0 aromatic heterocycles. The number of hydrogen-bond donors (Lipinski definition) is 0. The van der Waals surface area contributed by atoms with Crippen LogP contribution in [0.5, 0.6) is 0 Å². The van der Waals surface area contributed by atoms with Crippen molar-refractivity contribution in [3.63, 3.8) is 0 Å². The van der Waals surface area contributed by atoms with Crippen molar-refractivity contribution in [1.29, 1.82) is 0 Å². The highest BCUT2D eigenvalue weighted by molar-refractivity contribution is 5.31. The standard InChI is InChI=1S/C15H25NO/c1-5-8-10-13(4)16-11-14(9-6-2)15(7-3)17-12-16/h6-7,9,13H,2,5,8,10-12H2,1,3-4H3/b14-9-,15-7+. The minimum absolute atomic E-state index is 0.585. The Morgan fingerprint density at radius 1 is 1.53 bits per heavy atom. The molecule has 2 heteroatoms. The number of hydrogen-bond acceptors (Lipinski definition) is 2. The molecule has 0 aromatic rings. The maximum atomic E-state index is 5.78. The summed E-state index contributed by atoms with van der Waals surface area (Å²) in [6, 6.07) is 0.585. The molecular weight excluding hydrogens is 210 g/mol. The highest BCUT2D eigenvalue weighted by atomic mass is 16.5. The lowest BCUT2D eigenvalue weighted by Crippen LogP contribution is -2.40. The van der Waals surface area contributed by atoms with Gasteiger partial charge in [0.05, 0.1) is 0 Å². The molecular formula is C15H25NO. The van der Waals surface area contributed by atoms with Gasteiger partial charge < -0.3 is 4.74 Å². The molecule has 1 saturated heterocycles. The van der Waals surface area contributed by atoms with Crippen molar-refractivity contribution >= 4 is 0 Å². The number of nitrogens with zero attached hydrogens (tertiary/aromatic N) is 1. The Morgan fingerprint density at radius 3 is 2.88 bits per heavy atom. The van der Waals surface area contributed by atoms with Gasteiger partial charge in [-0.1, -0.05) is 38.5 Å². The van der Waals surface area contributed by atoms with Crippen molar-refractivity contribution in [3.8, 4) is 0 Å². The van der Waals surface area contributed by atoms with Crippen molar-refractivity contribution in [2.75, 3.05) is 13.3 Å². The summed E-state index contributed by atoms with van der Waals surface area (Å²) in [7, 11) is 0. The molecule has 2 nitrogen and oxygen atoms in total. The first-order valence-electron chi connectivity index (χ1n) is 6.58. The Labute approximate surface area is 106 Å². The molecule has 0 N–H and O–H groups in total. The minimum atomic E-state index is 0.585. The lowest BCUT2D eigenvalue weighted by molar-refractivity contribution is 0.0287. The van der Waals surface area contributed by atoms with E-state index >= 15 is 0 Å². The summed E-state index contributed by atoms with van der Waals surface area (Å²) in [5.41, 5.74) is 1.23. The van der Waals surface area contributed by atoms with E-state index in [-0.39, 0.29) is 0 Å². The zero-order valence-corrected chi connectivity index (χ0v) is 11.4. The molecule has 96 valence electrons. The van der Waals surface area contributed by atoms with Crippen molar-refractivity contribution in [3.05, 3.63) is 36.1 Å². The maximum absolute atomic E-state index is 5.78. The highest BCUT2D eigenvalue weighted by Crippen LogP contribution is 2.22. The second-order valence-electron chi connectivity index (χ2n) is 4.59. The second kappa shape index (κ2) is 7.33. The predicted octanol–water partition coefficient (Wildman–Crippen LogP) is 3.87. The van der Waals surface area contributed by atoms with E-state index < -0.39 is 0 Å². The van der Waals surface area contributed by atoms with Gasteiger partial charge in [0.25, 0.3) is 0 Å². The maximum Gasteiger partial charge on any atom is 0.142 e. The van der Waals surface area contributed by atoms with Crippen molar-refractivity contribution < 1.29 is 4.74 Å². The predicted molar refractivity (Wildman–Crippen MR) is 73.7 cm³/mol. The van der Waals surface area contributed by atoms with Gasteiger partial charge in [-0.2, -0.15) is 0 Å². The first-order chi connectivity index (χ1) is 8.22. The van der Waals surface area contributed by atoms with Crippen LogP contribution in [0.3, 0.4) is 0 Å². The van der Waals surface area contributed by atoms with Crippen molar-refractivity contribution in [2.45, 2.75) is 46.1 Å². The molecule has 0 aromatic carbocycles. The lowest BCUT2D eigenvalue weighted by Gasteiger charge is -2.35. The Morgan fingerprint density at radius 2 is 2.29 bits per heavy atom. The van der Waals surface area contributed by atoms with Gasteiger partial charge >= 0.3 is 0 Å². The summed E-state index contributed by atoms with van der Waals surface area (Å²) in [6.45, 7) is 12.0. The van der Waals surface area contributed by atoms with E-state index in [0.29, 0.717) is 12.8 Å². The van der Waals surface area contributed by atoms with Gasteiger partial charge in [-0.25, -0.2) is 0 Å². The van der Waals surface area contributed by atoms with Gasteiger partial charge in [-0.15, -0.1) is 0 Å². The molecule has 1 unspecified atom stereocenters. The Kier molecular flexibility index (Phi) is 6.06. The summed E-state index contributed by atoms with van der Waals surface area (Å²) in [4.78, 5) is 2.39. The number of rotatable bonds is 5. The summed E-state index contributed by atoms with van der Waals surface area (Å²) < 4.78 is 5.78. The number of unbranched alkanes of at least 4 members (excludes halogenated alkanes) is 1. The van der Waals surface area contributed by atoms with E-state index in [2.05, 4.69) is 25.3 Å². The SMILES string of the molecule is C=C/C=C1/CN(C(C)CCCC)CO/C1=C/C. The third-order valence-corrected chi connectivity index (χ3v) is 3.26. The van der Waals surface area contributed by atoms with Crippen LogP contribution >= 0.6 is 0 Å². The molecule has 17 heavy (non-hydrogen) atoms. The molecule has 0 radical (unpaired) electrons. The smallest absolute Gasteiger partial charge is 0.142 e. The van der Waals surface area contributed by atoms with Gasteiger partial charge in [-0.3, -0.25) is 4.90 Å². The summed E-state index contributed by atoms with van der Waals surface area (Å²) in [5.74, 6) is 1.00. The third-order valence-electron chi connectivity index (χ3n) is 3.26. The van der Waals surface area contributed by atoms with Crippen LogP contribution < -0.4 is 0 Å². The van der Waals surface area contributed by atoms with Crippen LogP contribution in [0.15, 0.2) is 36.1 Å². The Hall–Kier alpha value is -1.02. The summed E-state index contributed by atoms with van der Waals surface area (Å²) in [6.07, 6.45) is 9.70. The van der Waals surface area contributed by atoms with Crippen LogP contribution in [-0.4, -0.2) is 24.2 Å². The molecule has 1 atom stereocenters. The largest absolute Gasteiger partial charge is 0.478 e. The average Bonchev–Trinajstić information content (AvgIpc) is 2.36. The van der Waals surface area contributed by atoms with Gasteiger partial charge in [0, 0.05) is 18.2 Å². The van der Waals surface area contributed by atoms with E-state index in [4.69, 9.17) is 4.74 Å². The summed E-state index contributed by atoms with van der Waals surface area (Å²) >= 11 is 0. The van der Waals surface area contributed by atoms with Crippen LogP contribution in [0.1, 0.15) is 40.0 Å². The average molecular weight is 235 g/mol. The topological polar surface area (TPSA) is 12.5 Å². The molecule has 1 aliphatic heterocycles. The summed E-state index contributed by atoms with van der Waals surface area (Å²) in [5, 5.41) is 0. The van der Waals surface area contributed by atoms with E-state index in [9.17, 15) is 0 Å². The number of ether oxygens (including phenoxy) is 1. The molecule has 0 aliphatic carbocycles. The molecule has 0 spiro atoms. The van der Waals surface area contributed by atoms with Crippen LogP contribution in [-0.2, 0) is 4.74 Å². The van der Waals surface area contributed by atoms with E-state index in [1.165, 1.54) is 24.8 Å². The molecule has 1 rings (SSSR count). The van der Waals surface area contributed by atoms with Crippen LogP contribution in [0, 0.1) is 0 Å². The molecule has 0 bridgehead atoms. The van der Waals surface area contributed by atoms with Crippen LogP contribution in [0.2, 0.25) is 0 Å². The molecule has 1 fully saturated rings. The van der Waals surface area contributed by atoms with Gasteiger partial charge in [0.2, 0.25) is 0 Å². The first-order valence-corrected chi connectivity index (χ1v) is 6.58. The molecule has 1 heterocycles. The van der Waals surface area contributed by atoms with Gasteiger partial charge in [-0.05, 0) is 26.3 Å². The fourth-order valence-corrected chi connectivity index (χ4v) is 2.10. The van der Waals surface area contributed by atoms with Gasteiger partial charge in [0.15, 0.2) is 0 Å². The zero-order chi connectivity index (χ0) is 12.7. The second-order valence-corrected chi connectivity index (χ2v) is 4.59. The molecule has 0 amide bonds. The third kappa shape index (κ3) is 4.04. The Bertz CT molecular complexity index is 304. The minimum Gasteiger partial charge on any atom is -0.478 e. The first kappa shape index (κ1) is 14.0. The highest BCUT2D eigenvalue weighted by Gasteiger charge is 2.22. The van der Waals surface area contributed by atoms with Crippen molar-refractivity contribution in [2.24, 2.45) is 0 Å². The number of allylic oxidation sites excluding steroid dienone is 3. The monoisotopic (exact) mass is 235 g/mol. The van der Waals surface area contributed by atoms with Crippen molar-refractivity contribution in [1.82, 2.24) is 4.90 Å². The van der Waals surface area contributed by atoms with E-state index in [1.54, 1.807) is 0 Å². The van der Waals surface area contributed by atoms with E-state index in [0.717, 1.165) is 12.3 Å². The quantitative estimate of drug-likeness (QED) is 0.717. The zero-order valence-electron chi connectivity index (χ0n) is 11.4. The van der Waals surface area contributed by atoms with E-state index in [1.807, 2.05) is 25.2 Å². The van der Waals surface area contributed by atoms with Crippen LogP contribution in [0.4, 0.5) is 0 Å². The van der Waals surface area contributed by atoms with Gasteiger partial charge in [0.1, 0.15) is 12.5 Å². The Balaban J connectivity index is 2.62. The van der Waals surface area contributed by atoms with Crippen LogP contribution in [0.25, 0.3) is 0 Å². The fourth-order valence-electron chi connectivity index (χ4n) is 2.10. The fraction of sp³-hybridized carbons (Fsp3) is 0.600. The lowest BCUT2D eigenvalue weighted by atomic mass is 10.1.